The molecule has 0 spiro atoms. The summed E-state index contributed by atoms with van der Waals surface area (Å²) in [6.45, 7) is 3.45. The van der Waals surface area contributed by atoms with Gasteiger partial charge in [-0.15, -0.1) is 0 Å². The smallest absolute Gasteiger partial charge is 0.127 e. The molecule has 17 heavy (non-hydrogen) atoms. The van der Waals surface area contributed by atoms with Crippen LogP contribution in [0, 0.1) is 12.8 Å². The average Bonchev–Trinajstić information content (AvgIpc) is 2.57. The van der Waals surface area contributed by atoms with E-state index in [9.17, 15) is 0 Å². The Labute approximate surface area is 103 Å². The highest BCUT2D eigenvalue weighted by atomic mass is 16.5. The summed E-state index contributed by atoms with van der Waals surface area (Å²) in [5, 5.41) is 4.29. The Hall–Kier alpha value is -1.03. The number of nitrogens with zero attached hydrogens (tertiary/aromatic N) is 2. The molecule has 0 saturated heterocycles. The number of ether oxygens (including phenoxy) is 1. The Morgan fingerprint density at radius 3 is 2.65 bits per heavy atom. The van der Waals surface area contributed by atoms with Gasteiger partial charge in [0.15, 0.2) is 0 Å². The second-order valence-electron chi connectivity index (χ2n) is 5.09. The molecule has 1 fully saturated rings. The SMILES string of the molecule is Cc1nn(C)c(N)c1COCC1CCCCC1. The highest BCUT2D eigenvalue weighted by Crippen LogP contribution is 2.24. The first-order valence-electron chi connectivity index (χ1n) is 6.54. The van der Waals surface area contributed by atoms with Crippen LogP contribution in [-0.4, -0.2) is 16.4 Å². The van der Waals surface area contributed by atoms with Crippen LogP contribution >= 0.6 is 0 Å². The number of anilines is 1. The summed E-state index contributed by atoms with van der Waals surface area (Å²) in [6, 6.07) is 0. The van der Waals surface area contributed by atoms with Crippen molar-refractivity contribution in [3.05, 3.63) is 11.3 Å². The van der Waals surface area contributed by atoms with Gasteiger partial charge in [-0.3, -0.25) is 4.68 Å². The van der Waals surface area contributed by atoms with Crippen molar-refractivity contribution in [1.82, 2.24) is 9.78 Å². The lowest BCUT2D eigenvalue weighted by Gasteiger charge is -2.21. The Morgan fingerprint density at radius 2 is 2.06 bits per heavy atom. The first-order chi connectivity index (χ1) is 8.18. The van der Waals surface area contributed by atoms with Gasteiger partial charge in [-0.05, 0) is 25.7 Å². The van der Waals surface area contributed by atoms with E-state index in [0.29, 0.717) is 6.61 Å². The van der Waals surface area contributed by atoms with Crippen molar-refractivity contribution in [3.63, 3.8) is 0 Å². The van der Waals surface area contributed by atoms with Gasteiger partial charge < -0.3 is 10.5 Å². The first kappa shape index (κ1) is 12.4. The molecule has 1 aromatic rings. The van der Waals surface area contributed by atoms with Crippen LogP contribution in [0.5, 0.6) is 0 Å². The quantitative estimate of drug-likeness (QED) is 0.875. The van der Waals surface area contributed by atoms with E-state index in [1.54, 1.807) is 4.68 Å². The summed E-state index contributed by atoms with van der Waals surface area (Å²) in [5.41, 5.74) is 7.97. The topological polar surface area (TPSA) is 53.1 Å². The second kappa shape index (κ2) is 5.54. The fourth-order valence-corrected chi connectivity index (χ4v) is 2.58. The minimum atomic E-state index is 0.599. The van der Waals surface area contributed by atoms with Crippen molar-refractivity contribution < 1.29 is 4.74 Å². The molecular weight excluding hydrogens is 214 g/mol. The van der Waals surface area contributed by atoms with Gasteiger partial charge >= 0.3 is 0 Å². The fraction of sp³-hybridized carbons (Fsp3) is 0.769. The van der Waals surface area contributed by atoms with Crippen LogP contribution in [0.1, 0.15) is 43.4 Å². The predicted molar refractivity (Wildman–Crippen MR) is 68.6 cm³/mol. The molecule has 0 unspecified atom stereocenters. The van der Waals surface area contributed by atoms with Gasteiger partial charge in [0.1, 0.15) is 5.82 Å². The number of aromatic nitrogens is 2. The molecule has 1 aliphatic rings. The summed E-state index contributed by atoms with van der Waals surface area (Å²) < 4.78 is 7.52. The van der Waals surface area contributed by atoms with Gasteiger partial charge in [-0.25, -0.2) is 0 Å². The summed E-state index contributed by atoms with van der Waals surface area (Å²) in [7, 11) is 1.87. The van der Waals surface area contributed by atoms with E-state index >= 15 is 0 Å². The molecule has 1 heterocycles. The molecule has 96 valence electrons. The number of rotatable bonds is 4. The van der Waals surface area contributed by atoms with Crippen LogP contribution in [-0.2, 0) is 18.4 Å². The Kier molecular flexibility index (Phi) is 4.05. The molecule has 2 rings (SSSR count). The zero-order chi connectivity index (χ0) is 12.3. The van der Waals surface area contributed by atoms with Crippen molar-refractivity contribution in [2.75, 3.05) is 12.3 Å². The van der Waals surface area contributed by atoms with Crippen LogP contribution in [0.4, 0.5) is 5.82 Å². The lowest BCUT2D eigenvalue weighted by atomic mass is 9.90. The third-order valence-corrected chi connectivity index (χ3v) is 3.72. The van der Waals surface area contributed by atoms with Crippen molar-refractivity contribution in [3.8, 4) is 0 Å². The lowest BCUT2D eigenvalue weighted by molar-refractivity contribution is 0.0739. The van der Waals surface area contributed by atoms with Crippen molar-refractivity contribution in [1.29, 1.82) is 0 Å². The van der Waals surface area contributed by atoms with Gasteiger partial charge in [-0.2, -0.15) is 5.10 Å². The van der Waals surface area contributed by atoms with Gasteiger partial charge in [0, 0.05) is 19.2 Å². The molecule has 1 aliphatic carbocycles. The summed E-state index contributed by atoms with van der Waals surface area (Å²) in [6.07, 6.45) is 6.76. The van der Waals surface area contributed by atoms with Gasteiger partial charge in [-0.1, -0.05) is 19.3 Å². The molecule has 1 aromatic heterocycles. The molecule has 4 nitrogen and oxygen atoms in total. The van der Waals surface area contributed by atoms with E-state index in [1.807, 2.05) is 14.0 Å². The van der Waals surface area contributed by atoms with E-state index in [2.05, 4.69) is 5.10 Å². The summed E-state index contributed by atoms with van der Waals surface area (Å²) in [4.78, 5) is 0. The van der Waals surface area contributed by atoms with Crippen molar-refractivity contribution in [2.24, 2.45) is 13.0 Å². The maximum Gasteiger partial charge on any atom is 0.127 e. The molecule has 0 amide bonds. The average molecular weight is 237 g/mol. The highest BCUT2D eigenvalue weighted by molar-refractivity contribution is 5.42. The number of hydrogen-bond donors (Lipinski definition) is 1. The largest absolute Gasteiger partial charge is 0.384 e. The highest BCUT2D eigenvalue weighted by Gasteiger charge is 2.15. The van der Waals surface area contributed by atoms with Crippen LogP contribution < -0.4 is 5.73 Å². The van der Waals surface area contributed by atoms with E-state index in [-0.39, 0.29) is 0 Å². The van der Waals surface area contributed by atoms with Crippen molar-refractivity contribution >= 4 is 5.82 Å². The van der Waals surface area contributed by atoms with E-state index in [4.69, 9.17) is 10.5 Å². The fourth-order valence-electron chi connectivity index (χ4n) is 2.58. The third-order valence-electron chi connectivity index (χ3n) is 3.72. The second-order valence-corrected chi connectivity index (χ2v) is 5.09. The predicted octanol–water partition coefficient (Wildman–Crippen LogP) is 2.41. The lowest BCUT2D eigenvalue weighted by Crippen LogP contribution is -2.13. The number of hydrogen-bond acceptors (Lipinski definition) is 3. The zero-order valence-corrected chi connectivity index (χ0v) is 10.9. The van der Waals surface area contributed by atoms with E-state index in [0.717, 1.165) is 29.6 Å². The molecule has 2 N–H and O–H groups in total. The van der Waals surface area contributed by atoms with Crippen LogP contribution in [0.3, 0.4) is 0 Å². The Morgan fingerprint density at radius 1 is 1.35 bits per heavy atom. The van der Waals surface area contributed by atoms with E-state index < -0.39 is 0 Å². The molecule has 0 aromatic carbocycles. The van der Waals surface area contributed by atoms with Gasteiger partial charge in [0.05, 0.1) is 12.3 Å². The molecule has 0 radical (unpaired) electrons. The number of nitrogen functional groups attached to an aromatic ring is 1. The Balaban J connectivity index is 1.81. The monoisotopic (exact) mass is 237 g/mol. The molecule has 0 atom stereocenters. The van der Waals surface area contributed by atoms with Gasteiger partial charge in [0.25, 0.3) is 0 Å². The third kappa shape index (κ3) is 3.00. The Bertz CT molecular complexity index is 367. The number of nitrogens with two attached hydrogens (primary N) is 1. The summed E-state index contributed by atoms with van der Waals surface area (Å²) >= 11 is 0. The van der Waals surface area contributed by atoms with Crippen molar-refractivity contribution in [2.45, 2.75) is 45.6 Å². The minimum Gasteiger partial charge on any atom is -0.384 e. The maximum atomic E-state index is 5.94. The molecular formula is C13H23N3O. The summed E-state index contributed by atoms with van der Waals surface area (Å²) in [5.74, 6) is 1.48. The molecule has 0 bridgehead atoms. The molecule has 0 aliphatic heterocycles. The maximum absolute atomic E-state index is 5.94. The standard InChI is InChI=1S/C13H23N3O/c1-10-12(13(14)16(2)15-10)9-17-8-11-6-4-3-5-7-11/h11H,3-9,14H2,1-2H3. The minimum absolute atomic E-state index is 0.599. The van der Waals surface area contributed by atoms with Crippen LogP contribution in [0.2, 0.25) is 0 Å². The van der Waals surface area contributed by atoms with Crippen LogP contribution in [0.15, 0.2) is 0 Å². The normalized spacial score (nSPS) is 17.5. The van der Waals surface area contributed by atoms with Crippen LogP contribution in [0.25, 0.3) is 0 Å². The number of aryl methyl sites for hydroxylation is 2. The molecule has 1 saturated carbocycles. The molecule has 4 heteroatoms. The first-order valence-corrected chi connectivity index (χ1v) is 6.54. The van der Waals surface area contributed by atoms with E-state index in [1.165, 1.54) is 32.1 Å². The van der Waals surface area contributed by atoms with Gasteiger partial charge in [0.2, 0.25) is 0 Å². The zero-order valence-electron chi connectivity index (χ0n) is 10.9.